The van der Waals surface area contributed by atoms with Crippen LogP contribution in [0.3, 0.4) is 0 Å². The van der Waals surface area contributed by atoms with E-state index in [2.05, 4.69) is 0 Å². The molecule has 122 valence electrons. The van der Waals surface area contributed by atoms with Crippen LogP contribution in [0.1, 0.15) is 5.56 Å². The van der Waals surface area contributed by atoms with E-state index in [-0.39, 0.29) is 6.61 Å². The first-order valence-corrected chi connectivity index (χ1v) is 6.53. The Balaban J connectivity index is 2.73. The summed E-state index contributed by atoms with van der Waals surface area (Å²) in [6, 6.07) is 8.60. The van der Waals surface area contributed by atoms with Gasteiger partial charge in [-0.3, -0.25) is 9.59 Å². The molecule has 6 N–H and O–H groups in total. The number of hydrogen-bond donors (Lipinski definition) is 5. The van der Waals surface area contributed by atoms with Crippen LogP contribution in [-0.2, 0) is 20.9 Å². The van der Waals surface area contributed by atoms with Gasteiger partial charge in [-0.1, -0.05) is 30.3 Å². The van der Waals surface area contributed by atoms with Gasteiger partial charge in [-0.25, -0.2) is 0 Å². The Morgan fingerprint density at radius 3 is 2.18 bits per heavy atom. The first-order chi connectivity index (χ1) is 10.4. The number of rotatable bonds is 8. The number of aliphatic hydroxyl groups is 4. The summed E-state index contributed by atoms with van der Waals surface area (Å²) in [5.74, 6) is -4.21. The largest absolute Gasteiger partial charge is 0.460 e. The van der Waals surface area contributed by atoms with Gasteiger partial charge in [0.05, 0.1) is 6.61 Å². The molecular weight excluding hydrogens is 294 g/mol. The molecule has 0 saturated heterocycles. The van der Waals surface area contributed by atoms with Gasteiger partial charge in [0.15, 0.2) is 5.92 Å². The zero-order valence-corrected chi connectivity index (χ0v) is 11.7. The monoisotopic (exact) mass is 313 g/mol. The highest BCUT2D eigenvalue weighted by Crippen LogP contribution is 2.14. The van der Waals surface area contributed by atoms with E-state index in [4.69, 9.17) is 15.6 Å². The first-order valence-electron chi connectivity index (χ1n) is 6.53. The summed E-state index contributed by atoms with van der Waals surface area (Å²) >= 11 is 0. The van der Waals surface area contributed by atoms with Gasteiger partial charge >= 0.3 is 5.97 Å². The lowest BCUT2D eigenvalue weighted by molar-refractivity contribution is -0.165. The fourth-order valence-electron chi connectivity index (χ4n) is 1.78. The van der Waals surface area contributed by atoms with E-state index < -0.39 is 42.7 Å². The van der Waals surface area contributed by atoms with Crippen molar-refractivity contribution in [3.8, 4) is 0 Å². The molecule has 4 atom stereocenters. The Labute approximate surface area is 126 Å². The number of carbonyl (C=O) groups is 2. The second kappa shape index (κ2) is 8.44. The molecule has 0 aliphatic rings. The summed E-state index contributed by atoms with van der Waals surface area (Å²) in [7, 11) is 0. The number of primary amides is 1. The van der Waals surface area contributed by atoms with E-state index >= 15 is 0 Å². The van der Waals surface area contributed by atoms with Crippen molar-refractivity contribution in [1.29, 1.82) is 0 Å². The van der Waals surface area contributed by atoms with E-state index in [1.54, 1.807) is 30.3 Å². The highest BCUT2D eigenvalue weighted by molar-refractivity contribution is 5.97. The number of esters is 1. The molecule has 0 radical (unpaired) electrons. The average molecular weight is 313 g/mol. The standard InChI is InChI=1S/C14H19NO7/c15-13(20)10(12(19)11(18)9(17)6-16)14(21)22-7-8-4-2-1-3-5-8/h1-5,9-12,16-19H,6-7H2,(H2,15,20)/t9-,10-,11-,12-/m1/s1. The molecule has 0 unspecified atom stereocenters. The van der Waals surface area contributed by atoms with Crippen molar-refractivity contribution in [2.75, 3.05) is 6.61 Å². The molecule has 0 bridgehead atoms. The Hall–Kier alpha value is -2.00. The second-order valence-corrected chi connectivity index (χ2v) is 4.70. The normalized spacial score (nSPS) is 16.4. The highest BCUT2D eigenvalue weighted by Gasteiger charge is 2.40. The average Bonchev–Trinajstić information content (AvgIpc) is 2.52. The predicted octanol–water partition coefficient (Wildman–Crippen LogP) is -2.09. The zero-order chi connectivity index (χ0) is 16.7. The van der Waals surface area contributed by atoms with Crippen molar-refractivity contribution in [3.05, 3.63) is 35.9 Å². The Morgan fingerprint density at radius 1 is 1.09 bits per heavy atom. The minimum atomic E-state index is -2.00. The van der Waals surface area contributed by atoms with Crippen LogP contribution in [0, 0.1) is 5.92 Å². The minimum absolute atomic E-state index is 0.144. The molecule has 0 spiro atoms. The lowest BCUT2D eigenvalue weighted by atomic mass is 9.94. The molecule has 0 heterocycles. The Bertz CT molecular complexity index is 493. The minimum Gasteiger partial charge on any atom is -0.460 e. The molecule has 1 rings (SSSR count). The van der Waals surface area contributed by atoms with E-state index in [9.17, 15) is 24.9 Å². The summed E-state index contributed by atoms with van der Waals surface area (Å²) in [5, 5.41) is 37.3. The highest BCUT2D eigenvalue weighted by atomic mass is 16.5. The molecular formula is C14H19NO7. The number of amides is 1. The molecule has 0 aliphatic carbocycles. The van der Waals surface area contributed by atoms with Gasteiger partial charge in [0, 0.05) is 0 Å². The van der Waals surface area contributed by atoms with Crippen LogP contribution in [-0.4, -0.2) is 57.2 Å². The first kappa shape index (κ1) is 18.1. The SMILES string of the molecule is NC(=O)[C@H](C(=O)OCc1ccccc1)[C@@H](O)[C@H](O)[C@H](O)CO. The third-order valence-electron chi connectivity index (χ3n) is 3.06. The van der Waals surface area contributed by atoms with Crippen LogP contribution in [0.25, 0.3) is 0 Å². The van der Waals surface area contributed by atoms with Gasteiger partial charge in [0.25, 0.3) is 0 Å². The maximum absolute atomic E-state index is 11.9. The molecule has 8 nitrogen and oxygen atoms in total. The van der Waals surface area contributed by atoms with Crippen LogP contribution in [0.5, 0.6) is 0 Å². The predicted molar refractivity (Wildman–Crippen MR) is 74.0 cm³/mol. The maximum Gasteiger partial charge on any atom is 0.321 e. The van der Waals surface area contributed by atoms with Gasteiger partial charge in [0.2, 0.25) is 5.91 Å². The lowest BCUT2D eigenvalue weighted by Gasteiger charge is -2.25. The summed E-state index contributed by atoms with van der Waals surface area (Å²) in [5.41, 5.74) is 5.69. The molecule has 0 fully saturated rings. The lowest BCUT2D eigenvalue weighted by Crippen LogP contribution is -2.50. The van der Waals surface area contributed by atoms with Crippen molar-refractivity contribution >= 4 is 11.9 Å². The van der Waals surface area contributed by atoms with Crippen LogP contribution >= 0.6 is 0 Å². The number of hydrogen-bond acceptors (Lipinski definition) is 7. The van der Waals surface area contributed by atoms with Crippen molar-refractivity contribution < 1.29 is 34.8 Å². The third kappa shape index (κ3) is 4.78. The van der Waals surface area contributed by atoms with Gasteiger partial charge in [0.1, 0.15) is 24.9 Å². The van der Waals surface area contributed by atoms with Crippen molar-refractivity contribution in [2.45, 2.75) is 24.9 Å². The van der Waals surface area contributed by atoms with Crippen LogP contribution in [0.4, 0.5) is 0 Å². The summed E-state index contributed by atoms with van der Waals surface area (Å²) in [6.45, 7) is -1.00. The third-order valence-corrected chi connectivity index (χ3v) is 3.06. The van der Waals surface area contributed by atoms with E-state index in [1.165, 1.54) is 0 Å². The van der Waals surface area contributed by atoms with Gasteiger partial charge in [-0.05, 0) is 5.56 Å². The van der Waals surface area contributed by atoms with E-state index in [1.807, 2.05) is 0 Å². The summed E-state index contributed by atoms with van der Waals surface area (Å²) in [4.78, 5) is 23.2. The molecule has 1 aromatic carbocycles. The molecule has 0 aromatic heterocycles. The van der Waals surface area contributed by atoms with Gasteiger partial charge in [-0.15, -0.1) is 0 Å². The molecule has 22 heavy (non-hydrogen) atoms. The van der Waals surface area contributed by atoms with E-state index in [0.717, 1.165) is 0 Å². The zero-order valence-electron chi connectivity index (χ0n) is 11.7. The van der Waals surface area contributed by atoms with Crippen molar-refractivity contribution in [2.24, 2.45) is 11.7 Å². The molecule has 0 saturated carbocycles. The number of benzene rings is 1. The molecule has 1 amide bonds. The topological polar surface area (TPSA) is 150 Å². The molecule has 1 aromatic rings. The summed E-state index contributed by atoms with van der Waals surface area (Å²) < 4.78 is 4.88. The van der Waals surface area contributed by atoms with Crippen LogP contribution in [0.15, 0.2) is 30.3 Å². The smallest absolute Gasteiger partial charge is 0.321 e. The van der Waals surface area contributed by atoms with Gasteiger partial charge in [-0.2, -0.15) is 0 Å². The fraction of sp³-hybridized carbons (Fsp3) is 0.429. The quantitative estimate of drug-likeness (QED) is 0.272. The fourth-order valence-corrected chi connectivity index (χ4v) is 1.78. The molecule has 0 aliphatic heterocycles. The Morgan fingerprint density at radius 2 is 1.68 bits per heavy atom. The van der Waals surface area contributed by atoms with E-state index in [0.29, 0.717) is 5.56 Å². The maximum atomic E-state index is 11.9. The molecule has 8 heteroatoms. The number of ether oxygens (including phenoxy) is 1. The second-order valence-electron chi connectivity index (χ2n) is 4.70. The van der Waals surface area contributed by atoms with Crippen LogP contribution < -0.4 is 5.73 Å². The number of aliphatic hydroxyl groups excluding tert-OH is 4. The van der Waals surface area contributed by atoms with Crippen LogP contribution in [0.2, 0.25) is 0 Å². The number of nitrogens with two attached hydrogens (primary N) is 1. The van der Waals surface area contributed by atoms with Gasteiger partial charge < -0.3 is 30.9 Å². The van der Waals surface area contributed by atoms with Crippen molar-refractivity contribution in [3.63, 3.8) is 0 Å². The summed E-state index contributed by atoms with van der Waals surface area (Å²) in [6.07, 6.45) is -5.64. The number of carbonyl (C=O) groups excluding carboxylic acids is 2. The Kier molecular flexibility index (Phi) is 6.93. The van der Waals surface area contributed by atoms with Crippen molar-refractivity contribution in [1.82, 2.24) is 0 Å².